The first-order valence-corrected chi connectivity index (χ1v) is 6.25. The third-order valence-electron chi connectivity index (χ3n) is 2.53. The Morgan fingerprint density at radius 3 is 2.67 bits per heavy atom. The van der Waals surface area contributed by atoms with E-state index in [2.05, 4.69) is 15.9 Å². The van der Waals surface area contributed by atoms with Crippen molar-refractivity contribution >= 4 is 15.9 Å². The topological polar surface area (TPSA) is 29.5 Å². The van der Waals surface area contributed by atoms with Gasteiger partial charge in [0.15, 0.2) is 0 Å². The van der Waals surface area contributed by atoms with Crippen LogP contribution in [0.5, 0.6) is 5.75 Å². The molecule has 0 atom stereocenters. The van der Waals surface area contributed by atoms with Gasteiger partial charge < -0.3 is 9.84 Å². The second-order valence-electron chi connectivity index (χ2n) is 3.79. The first-order chi connectivity index (χ1) is 8.70. The lowest BCUT2D eigenvalue weighted by molar-refractivity contribution is 0.258. The maximum Gasteiger partial charge on any atom is 0.125 e. The van der Waals surface area contributed by atoms with Gasteiger partial charge >= 0.3 is 0 Å². The second kappa shape index (κ2) is 5.98. The normalized spacial score (nSPS) is 10.4. The number of hydrogen-bond acceptors (Lipinski definition) is 2. The van der Waals surface area contributed by atoms with Crippen molar-refractivity contribution in [2.75, 3.05) is 0 Å². The first kappa shape index (κ1) is 13.1. The van der Waals surface area contributed by atoms with E-state index in [0.29, 0.717) is 11.3 Å². The van der Waals surface area contributed by atoms with Gasteiger partial charge in [0.1, 0.15) is 18.2 Å². The summed E-state index contributed by atoms with van der Waals surface area (Å²) >= 11 is 3.34. The fourth-order valence-electron chi connectivity index (χ4n) is 1.58. The summed E-state index contributed by atoms with van der Waals surface area (Å²) in [5.41, 5.74) is 1.44. The molecule has 1 N–H and O–H groups in total. The predicted octanol–water partition coefficient (Wildman–Crippen LogP) is 3.66. The molecular weight excluding hydrogens is 299 g/mol. The highest BCUT2D eigenvalue weighted by Gasteiger charge is 2.05. The minimum absolute atomic E-state index is 0.0828. The molecule has 0 saturated carbocycles. The van der Waals surface area contributed by atoms with Crippen LogP contribution < -0.4 is 4.74 Å². The van der Waals surface area contributed by atoms with E-state index in [1.807, 2.05) is 12.1 Å². The SMILES string of the molecule is OCc1ccccc1OCc1cc(F)ccc1Br. The number of halogens is 2. The lowest BCUT2D eigenvalue weighted by Gasteiger charge is -2.11. The summed E-state index contributed by atoms with van der Waals surface area (Å²) in [5.74, 6) is 0.309. The van der Waals surface area contributed by atoms with E-state index >= 15 is 0 Å². The summed E-state index contributed by atoms with van der Waals surface area (Å²) in [6, 6.07) is 11.7. The molecule has 0 bridgehead atoms. The Kier molecular flexibility index (Phi) is 4.33. The molecule has 0 aliphatic heterocycles. The third kappa shape index (κ3) is 3.09. The van der Waals surface area contributed by atoms with Gasteiger partial charge in [-0.1, -0.05) is 34.1 Å². The van der Waals surface area contributed by atoms with Gasteiger partial charge in [0, 0.05) is 15.6 Å². The van der Waals surface area contributed by atoms with Crippen LogP contribution in [0.2, 0.25) is 0 Å². The highest BCUT2D eigenvalue weighted by Crippen LogP contribution is 2.22. The molecule has 0 aliphatic rings. The van der Waals surface area contributed by atoms with Crippen molar-refractivity contribution in [1.29, 1.82) is 0 Å². The van der Waals surface area contributed by atoms with Crippen molar-refractivity contribution < 1.29 is 14.2 Å². The van der Waals surface area contributed by atoms with Gasteiger partial charge in [0.05, 0.1) is 6.61 Å². The van der Waals surface area contributed by atoms with E-state index in [-0.39, 0.29) is 19.0 Å². The van der Waals surface area contributed by atoms with Gasteiger partial charge in [0.25, 0.3) is 0 Å². The molecule has 0 amide bonds. The number of aliphatic hydroxyl groups is 1. The van der Waals surface area contributed by atoms with Crippen LogP contribution in [0, 0.1) is 5.82 Å². The van der Waals surface area contributed by atoms with Gasteiger partial charge in [0.2, 0.25) is 0 Å². The van der Waals surface area contributed by atoms with Gasteiger partial charge in [-0.15, -0.1) is 0 Å². The van der Waals surface area contributed by atoms with Crippen LogP contribution >= 0.6 is 15.9 Å². The minimum Gasteiger partial charge on any atom is -0.488 e. The smallest absolute Gasteiger partial charge is 0.125 e. The molecule has 2 rings (SSSR count). The number of benzene rings is 2. The first-order valence-electron chi connectivity index (χ1n) is 5.46. The average molecular weight is 311 g/mol. The Balaban J connectivity index is 2.14. The number of hydrogen-bond donors (Lipinski definition) is 1. The molecule has 0 aromatic heterocycles. The number of aliphatic hydroxyl groups excluding tert-OH is 1. The Morgan fingerprint density at radius 1 is 1.11 bits per heavy atom. The van der Waals surface area contributed by atoms with Crippen molar-refractivity contribution in [2.45, 2.75) is 13.2 Å². The number of para-hydroxylation sites is 1. The zero-order chi connectivity index (χ0) is 13.0. The van der Waals surface area contributed by atoms with Gasteiger partial charge in [-0.25, -0.2) is 4.39 Å². The highest BCUT2D eigenvalue weighted by atomic mass is 79.9. The maximum atomic E-state index is 13.1. The Bertz CT molecular complexity index is 543. The maximum absolute atomic E-state index is 13.1. The summed E-state index contributed by atoms with van der Waals surface area (Å²) in [6.45, 7) is 0.163. The average Bonchev–Trinajstić information content (AvgIpc) is 2.40. The summed E-state index contributed by atoms with van der Waals surface area (Å²) < 4.78 is 19.5. The van der Waals surface area contributed by atoms with Crippen molar-refractivity contribution in [1.82, 2.24) is 0 Å². The summed E-state index contributed by atoms with van der Waals surface area (Å²) in [6.07, 6.45) is 0. The van der Waals surface area contributed by atoms with Crippen molar-refractivity contribution in [2.24, 2.45) is 0 Å². The van der Waals surface area contributed by atoms with Crippen LogP contribution in [0.25, 0.3) is 0 Å². The van der Waals surface area contributed by atoms with Crippen LogP contribution in [0.3, 0.4) is 0 Å². The summed E-state index contributed by atoms with van der Waals surface area (Å²) in [4.78, 5) is 0. The molecule has 0 spiro atoms. The van der Waals surface area contributed by atoms with Crippen molar-refractivity contribution in [3.63, 3.8) is 0 Å². The van der Waals surface area contributed by atoms with Crippen LogP contribution in [-0.4, -0.2) is 5.11 Å². The minimum atomic E-state index is -0.299. The van der Waals surface area contributed by atoms with E-state index in [9.17, 15) is 4.39 Å². The summed E-state index contributed by atoms with van der Waals surface area (Å²) in [7, 11) is 0. The molecule has 4 heteroatoms. The molecule has 0 radical (unpaired) electrons. The monoisotopic (exact) mass is 310 g/mol. The van der Waals surface area contributed by atoms with Crippen molar-refractivity contribution in [3.8, 4) is 5.75 Å². The third-order valence-corrected chi connectivity index (χ3v) is 3.31. The molecule has 94 valence electrons. The molecule has 2 nitrogen and oxygen atoms in total. The molecular formula is C14H12BrFO2. The Hall–Kier alpha value is -1.39. The fourth-order valence-corrected chi connectivity index (χ4v) is 1.95. The van der Waals surface area contributed by atoms with Gasteiger partial charge in [-0.2, -0.15) is 0 Å². The molecule has 0 heterocycles. The van der Waals surface area contributed by atoms with E-state index in [4.69, 9.17) is 9.84 Å². The standard InChI is InChI=1S/C14H12BrFO2/c15-13-6-5-12(16)7-11(13)9-18-14-4-2-1-3-10(14)8-17/h1-7,17H,8-9H2. The fraction of sp³-hybridized carbons (Fsp3) is 0.143. The zero-order valence-corrected chi connectivity index (χ0v) is 11.2. The Labute approximate surface area is 113 Å². The molecule has 0 aliphatic carbocycles. The number of rotatable bonds is 4. The van der Waals surface area contributed by atoms with E-state index in [1.54, 1.807) is 18.2 Å². The lowest BCUT2D eigenvalue weighted by atomic mass is 10.2. The molecule has 18 heavy (non-hydrogen) atoms. The van der Waals surface area contributed by atoms with Gasteiger partial charge in [-0.05, 0) is 24.3 Å². The lowest BCUT2D eigenvalue weighted by Crippen LogP contribution is -2.00. The summed E-state index contributed by atoms with van der Waals surface area (Å²) in [5, 5.41) is 9.17. The molecule has 0 fully saturated rings. The number of ether oxygens (including phenoxy) is 1. The predicted molar refractivity (Wildman–Crippen MR) is 70.8 cm³/mol. The highest BCUT2D eigenvalue weighted by molar-refractivity contribution is 9.10. The quantitative estimate of drug-likeness (QED) is 0.934. The van der Waals surface area contributed by atoms with Gasteiger partial charge in [-0.3, -0.25) is 0 Å². The molecule has 0 saturated heterocycles. The molecule has 0 unspecified atom stereocenters. The largest absolute Gasteiger partial charge is 0.488 e. The Morgan fingerprint density at radius 2 is 1.89 bits per heavy atom. The van der Waals surface area contributed by atoms with Crippen LogP contribution in [-0.2, 0) is 13.2 Å². The molecule has 2 aromatic rings. The van der Waals surface area contributed by atoms with Crippen LogP contribution in [0.15, 0.2) is 46.9 Å². The zero-order valence-electron chi connectivity index (χ0n) is 9.57. The van der Waals surface area contributed by atoms with E-state index < -0.39 is 0 Å². The molecule has 2 aromatic carbocycles. The van der Waals surface area contributed by atoms with E-state index in [0.717, 1.165) is 10.0 Å². The van der Waals surface area contributed by atoms with Crippen LogP contribution in [0.1, 0.15) is 11.1 Å². The second-order valence-corrected chi connectivity index (χ2v) is 4.64. The van der Waals surface area contributed by atoms with Crippen LogP contribution in [0.4, 0.5) is 4.39 Å². The van der Waals surface area contributed by atoms with Crippen molar-refractivity contribution in [3.05, 3.63) is 63.9 Å². The van der Waals surface area contributed by atoms with E-state index in [1.165, 1.54) is 12.1 Å².